The second-order valence-electron chi connectivity index (χ2n) is 10.9. The smallest absolute Gasteiger partial charge is 0.407 e. The fraction of sp³-hybridized carbons (Fsp3) is 0.323. The maximum atomic E-state index is 15.3. The number of anilines is 1. The van der Waals surface area contributed by atoms with Crippen LogP contribution >= 0.6 is 0 Å². The first-order valence-electron chi connectivity index (χ1n) is 13.9. The number of amides is 1. The van der Waals surface area contributed by atoms with Gasteiger partial charge in [-0.15, -0.1) is 0 Å². The number of piperazine rings is 1. The van der Waals surface area contributed by atoms with E-state index in [2.05, 4.69) is 16.0 Å². The molecule has 1 amide bonds. The van der Waals surface area contributed by atoms with Crippen LogP contribution in [0.4, 0.5) is 15.0 Å². The number of nitrogens with zero attached hydrogens (tertiary/aromatic N) is 7. The predicted octanol–water partition coefficient (Wildman–Crippen LogP) is 4.26. The third kappa shape index (κ3) is 5.19. The summed E-state index contributed by atoms with van der Waals surface area (Å²) in [5, 5.41) is 20.1. The molecule has 0 radical (unpaired) electrons. The number of hydrogen-bond donors (Lipinski definition) is 1. The Hall–Kier alpha value is -5.38. The van der Waals surface area contributed by atoms with Crippen molar-refractivity contribution in [2.24, 2.45) is 0 Å². The lowest BCUT2D eigenvalue weighted by Gasteiger charge is -2.39. The number of ether oxygens (including phenoxy) is 1. The molecule has 12 nitrogen and oxygen atoms in total. The van der Waals surface area contributed by atoms with Gasteiger partial charge in [0.05, 0.1) is 40.7 Å². The highest BCUT2D eigenvalue weighted by atomic mass is 19.1. The van der Waals surface area contributed by atoms with E-state index in [9.17, 15) is 24.8 Å². The van der Waals surface area contributed by atoms with Gasteiger partial charge in [0.15, 0.2) is 5.65 Å². The van der Waals surface area contributed by atoms with Crippen LogP contribution in [0.15, 0.2) is 41.3 Å². The standard InChI is InChI=1S/C31H30FN7O5/c1-16(2)24-26(17(3)8-9-34-24)39-28-22(27(36-30(39)41)38-11-10-37(31(42)43)15-18(38)4)13-20(14-33)25(35-28)21-12-19(29(40)44-5)6-7-23(21)32/h6-9,12-13,16,18H,10-11,15H2,1-5H3,(H,42,43)/t18-/m0/s1. The fourth-order valence-corrected chi connectivity index (χ4v) is 5.52. The van der Waals surface area contributed by atoms with E-state index in [1.165, 1.54) is 34.8 Å². The SMILES string of the molecule is COC(=O)c1ccc(F)c(-c2nc3c(cc2C#N)c(N2CCN(C(=O)O)C[C@@H]2C)nc(=O)n3-c2c(C)ccnc2C(C)C)c1. The lowest BCUT2D eigenvalue weighted by atomic mass is 10.0. The number of carbonyl (C=O) groups is 2. The minimum atomic E-state index is -1.05. The molecule has 3 aromatic heterocycles. The lowest BCUT2D eigenvalue weighted by Crippen LogP contribution is -2.54. The monoisotopic (exact) mass is 599 g/mol. The van der Waals surface area contributed by atoms with Crippen molar-refractivity contribution in [3.63, 3.8) is 0 Å². The summed E-state index contributed by atoms with van der Waals surface area (Å²) in [5.41, 5.74) is 1.05. The van der Waals surface area contributed by atoms with Gasteiger partial charge in [0, 0.05) is 37.4 Å². The van der Waals surface area contributed by atoms with Crippen LogP contribution in [0.5, 0.6) is 0 Å². The highest BCUT2D eigenvalue weighted by Gasteiger charge is 2.31. The number of benzene rings is 1. The number of rotatable bonds is 5. The Labute approximate surface area is 252 Å². The number of nitriles is 1. The summed E-state index contributed by atoms with van der Waals surface area (Å²) in [6.45, 7) is 8.09. The molecule has 0 bridgehead atoms. The van der Waals surface area contributed by atoms with Gasteiger partial charge >= 0.3 is 17.8 Å². The minimum absolute atomic E-state index is 0.0181. The molecule has 0 aliphatic carbocycles. The number of halogens is 1. The minimum Gasteiger partial charge on any atom is -0.465 e. The Morgan fingerprint density at radius 3 is 2.57 bits per heavy atom. The molecule has 13 heteroatoms. The third-order valence-corrected chi connectivity index (χ3v) is 7.71. The first kappa shape index (κ1) is 30.1. The number of aryl methyl sites for hydroxylation is 1. The zero-order chi connectivity index (χ0) is 31.9. The second kappa shape index (κ2) is 11.7. The first-order valence-corrected chi connectivity index (χ1v) is 13.9. The van der Waals surface area contributed by atoms with Crippen molar-refractivity contribution >= 4 is 28.9 Å². The molecule has 1 fully saturated rings. The van der Waals surface area contributed by atoms with Gasteiger partial charge in [-0.1, -0.05) is 13.8 Å². The zero-order valence-electron chi connectivity index (χ0n) is 24.8. The summed E-state index contributed by atoms with van der Waals surface area (Å²) in [6, 6.07) is 8.57. The van der Waals surface area contributed by atoms with Crippen molar-refractivity contribution < 1.29 is 23.8 Å². The second-order valence-corrected chi connectivity index (χ2v) is 10.9. The van der Waals surface area contributed by atoms with E-state index >= 15 is 4.39 Å². The van der Waals surface area contributed by atoms with Gasteiger partial charge < -0.3 is 19.6 Å². The Morgan fingerprint density at radius 1 is 1.18 bits per heavy atom. The molecule has 4 aromatic rings. The highest BCUT2D eigenvalue weighted by molar-refractivity contribution is 5.94. The number of hydrogen-bond acceptors (Lipinski definition) is 9. The topological polar surface area (TPSA) is 155 Å². The van der Waals surface area contributed by atoms with Crippen molar-refractivity contribution in [2.75, 3.05) is 31.6 Å². The number of aromatic nitrogens is 4. The van der Waals surface area contributed by atoms with Crippen LogP contribution in [0.2, 0.25) is 0 Å². The van der Waals surface area contributed by atoms with Crippen molar-refractivity contribution in [2.45, 2.75) is 39.7 Å². The first-order chi connectivity index (χ1) is 21.0. The summed E-state index contributed by atoms with van der Waals surface area (Å²) < 4.78 is 21.5. The van der Waals surface area contributed by atoms with E-state index in [1.54, 1.807) is 12.3 Å². The van der Waals surface area contributed by atoms with Gasteiger partial charge in [-0.2, -0.15) is 10.2 Å². The van der Waals surface area contributed by atoms with Crippen LogP contribution in [0.25, 0.3) is 28.0 Å². The maximum Gasteiger partial charge on any atom is 0.407 e. The fourth-order valence-electron chi connectivity index (χ4n) is 5.52. The number of carboxylic acid groups (broad SMARTS) is 1. The van der Waals surface area contributed by atoms with Crippen LogP contribution in [-0.4, -0.2) is 74.4 Å². The Balaban J connectivity index is 1.88. The molecule has 1 aliphatic heterocycles. The van der Waals surface area contributed by atoms with Crippen LogP contribution < -0.4 is 10.6 Å². The summed E-state index contributed by atoms with van der Waals surface area (Å²) in [6.07, 6.45) is 0.597. The van der Waals surface area contributed by atoms with Crippen LogP contribution in [0, 0.1) is 24.1 Å². The summed E-state index contributed by atoms with van der Waals surface area (Å²) in [7, 11) is 1.20. The van der Waals surface area contributed by atoms with Crippen LogP contribution in [0.1, 0.15) is 53.9 Å². The summed E-state index contributed by atoms with van der Waals surface area (Å²) >= 11 is 0. The molecule has 226 valence electrons. The molecule has 4 heterocycles. The van der Waals surface area contributed by atoms with Crippen molar-refractivity contribution in [1.82, 2.24) is 24.4 Å². The van der Waals surface area contributed by atoms with Gasteiger partial charge in [0.1, 0.15) is 17.7 Å². The Kier molecular flexibility index (Phi) is 8.01. The van der Waals surface area contributed by atoms with Gasteiger partial charge in [-0.05, 0) is 55.7 Å². The molecule has 0 spiro atoms. The lowest BCUT2D eigenvalue weighted by molar-refractivity contribution is 0.0600. The summed E-state index contributed by atoms with van der Waals surface area (Å²) in [4.78, 5) is 54.8. The molecular weight excluding hydrogens is 569 g/mol. The number of carbonyl (C=O) groups excluding carboxylic acids is 1. The quantitative estimate of drug-likeness (QED) is 0.329. The number of esters is 1. The van der Waals surface area contributed by atoms with Crippen molar-refractivity contribution in [3.05, 3.63) is 75.2 Å². The van der Waals surface area contributed by atoms with E-state index < -0.39 is 23.6 Å². The van der Waals surface area contributed by atoms with E-state index in [0.29, 0.717) is 16.8 Å². The molecule has 1 saturated heterocycles. The van der Waals surface area contributed by atoms with Gasteiger partial charge in [-0.3, -0.25) is 4.98 Å². The predicted molar refractivity (Wildman–Crippen MR) is 160 cm³/mol. The molecule has 1 N–H and O–H groups in total. The van der Waals surface area contributed by atoms with E-state index in [-0.39, 0.29) is 65.4 Å². The van der Waals surface area contributed by atoms with Crippen molar-refractivity contribution in [3.8, 4) is 23.0 Å². The average Bonchev–Trinajstić information content (AvgIpc) is 3.00. The molecule has 1 atom stereocenters. The molecule has 1 aliphatic rings. The van der Waals surface area contributed by atoms with E-state index in [4.69, 9.17) is 9.72 Å². The number of pyridine rings is 2. The van der Waals surface area contributed by atoms with Crippen molar-refractivity contribution in [1.29, 1.82) is 5.26 Å². The average molecular weight is 600 g/mol. The molecular formula is C31H30FN7O5. The number of fused-ring (bicyclic) bond motifs is 1. The zero-order valence-corrected chi connectivity index (χ0v) is 24.8. The Morgan fingerprint density at radius 2 is 1.93 bits per heavy atom. The largest absolute Gasteiger partial charge is 0.465 e. The van der Waals surface area contributed by atoms with Crippen LogP contribution in [0.3, 0.4) is 0 Å². The summed E-state index contributed by atoms with van der Waals surface area (Å²) in [5.74, 6) is -1.30. The van der Waals surface area contributed by atoms with E-state index in [1.807, 2.05) is 32.6 Å². The van der Waals surface area contributed by atoms with Gasteiger partial charge in [0.25, 0.3) is 0 Å². The molecule has 44 heavy (non-hydrogen) atoms. The van der Waals surface area contributed by atoms with Gasteiger partial charge in [0.2, 0.25) is 0 Å². The third-order valence-electron chi connectivity index (χ3n) is 7.71. The maximum absolute atomic E-state index is 15.3. The van der Waals surface area contributed by atoms with Gasteiger partial charge in [-0.25, -0.2) is 28.3 Å². The molecule has 5 rings (SSSR count). The van der Waals surface area contributed by atoms with E-state index in [0.717, 1.165) is 11.6 Å². The van der Waals surface area contributed by atoms with Crippen LogP contribution in [-0.2, 0) is 4.74 Å². The molecule has 1 aromatic carbocycles. The number of methoxy groups -OCH3 is 1. The highest BCUT2D eigenvalue weighted by Crippen LogP contribution is 2.34. The normalized spacial score (nSPS) is 15.0. The molecule has 0 saturated carbocycles. The molecule has 0 unspecified atom stereocenters. The Bertz CT molecular complexity index is 1920.